The highest BCUT2D eigenvalue weighted by atomic mass is 32.2. The lowest BCUT2D eigenvalue weighted by atomic mass is 9.83. The molecule has 0 spiro atoms. The summed E-state index contributed by atoms with van der Waals surface area (Å²) in [5.41, 5.74) is -0.353. The van der Waals surface area contributed by atoms with E-state index in [4.69, 9.17) is 14.6 Å². The molecule has 0 aliphatic carbocycles. The van der Waals surface area contributed by atoms with E-state index in [0.717, 1.165) is 6.42 Å². The van der Waals surface area contributed by atoms with Gasteiger partial charge in [-0.15, -0.1) is 0 Å². The average Bonchev–Trinajstić information content (AvgIpc) is 2.41. The number of nitrogens with two attached hydrogens (primary N) is 1. The summed E-state index contributed by atoms with van der Waals surface area (Å²) >= 11 is 0. The Balaban J connectivity index is 2.24. The first-order valence-corrected chi connectivity index (χ1v) is 9.85. The maximum absolute atomic E-state index is 11.4. The summed E-state index contributed by atoms with van der Waals surface area (Å²) in [6.45, 7) is 4.58. The molecule has 1 heterocycles. The zero-order valence-corrected chi connectivity index (χ0v) is 14.1. The third kappa shape index (κ3) is 8.76. The number of unbranched alkanes of at least 4 members (excludes halogenated alkanes) is 5. The molecule has 21 heavy (non-hydrogen) atoms. The van der Waals surface area contributed by atoms with E-state index in [0.29, 0.717) is 39.3 Å². The van der Waals surface area contributed by atoms with Crippen molar-refractivity contribution in [2.24, 2.45) is 10.6 Å². The Kier molecular flexibility index (Phi) is 8.78. The van der Waals surface area contributed by atoms with Crippen molar-refractivity contribution in [3.05, 3.63) is 0 Å². The molecule has 1 rings (SSSR count). The van der Waals surface area contributed by atoms with E-state index in [9.17, 15) is 8.42 Å². The number of hydrogen-bond acceptors (Lipinski definition) is 4. The second-order valence-corrected chi connectivity index (χ2v) is 7.85. The molecule has 0 bridgehead atoms. The van der Waals surface area contributed by atoms with Crippen molar-refractivity contribution in [1.82, 2.24) is 0 Å². The molecule has 0 atom stereocenters. The normalized spacial score (nSPS) is 18.8. The van der Waals surface area contributed by atoms with Gasteiger partial charge in [-0.25, -0.2) is 13.6 Å². The molecular weight excluding hydrogens is 290 g/mol. The first-order chi connectivity index (χ1) is 9.97. The Bertz CT molecular complexity index is 364. The van der Waals surface area contributed by atoms with Crippen LogP contribution in [-0.2, 0) is 19.5 Å². The summed E-state index contributed by atoms with van der Waals surface area (Å²) in [6, 6.07) is 0. The largest absolute Gasteiger partial charge is 0.381 e. The van der Waals surface area contributed by atoms with Gasteiger partial charge in [-0.1, -0.05) is 39.0 Å². The molecule has 0 saturated carbocycles. The molecular formula is C15H31NO4S. The zero-order chi connectivity index (χ0) is 15.6. The number of sulfonamides is 1. The van der Waals surface area contributed by atoms with Gasteiger partial charge in [-0.05, 0) is 19.3 Å². The van der Waals surface area contributed by atoms with Crippen LogP contribution in [0, 0.1) is 5.41 Å². The SMILES string of the molecule is CCCCCCCCOCC1(CS(N)(=O)=O)CCOCC1. The predicted octanol–water partition coefficient (Wildman–Crippen LogP) is 2.45. The minimum absolute atomic E-state index is 0.000139. The minimum atomic E-state index is -3.48. The van der Waals surface area contributed by atoms with Crippen LogP contribution >= 0.6 is 0 Å². The van der Waals surface area contributed by atoms with E-state index < -0.39 is 10.0 Å². The van der Waals surface area contributed by atoms with Crippen molar-refractivity contribution in [1.29, 1.82) is 0 Å². The lowest BCUT2D eigenvalue weighted by Crippen LogP contribution is -2.42. The third-order valence-corrected chi connectivity index (χ3v) is 5.13. The molecule has 1 aliphatic rings. The Morgan fingerprint density at radius 1 is 1.10 bits per heavy atom. The fraction of sp³-hybridized carbons (Fsp3) is 1.00. The molecule has 1 fully saturated rings. The van der Waals surface area contributed by atoms with Crippen LogP contribution in [0.15, 0.2) is 0 Å². The van der Waals surface area contributed by atoms with E-state index in [1.807, 2.05) is 0 Å². The van der Waals surface area contributed by atoms with E-state index in [2.05, 4.69) is 6.92 Å². The van der Waals surface area contributed by atoms with Gasteiger partial charge in [0.15, 0.2) is 0 Å². The van der Waals surface area contributed by atoms with Gasteiger partial charge in [0.05, 0.1) is 12.4 Å². The topological polar surface area (TPSA) is 78.6 Å². The van der Waals surface area contributed by atoms with Crippen molar-refractivity contribution < 1.29 is 17.9 Å². The highest BCUT2D eigenvalue weighted by Crippen LogP contribution is 2.32. The highest BCUT2D eigenvalue weighted by molar-refractivity contribution is 7.89. The van der Waals surface area contributed by atoms with Crippen molar-refractivity contribution >= 4 is 10.0 Å². The molecule has 126 valence electrons. The Morgan fingerprint density at radius 3 is 2.33 bits per heavy atom. The molecule has 6 heteroatoms. The van der Waals surface area contributed by atoms with Crippen LogP contribution in [0.2, 0.25) is 0 Å². The minimum Gasteiger partial charge on any atom is -0.381 e. The second-order valence-electron chi connectivity index (χ2n) is 6.24. The summed E-state index contributed by atoms with van der Waals surface area (Å²) in [7, 11) is -3.48. The van der Waals surface area contributed by atoms with E-state index in [1.54, 1.807) is 0 Å². The number of ether oxygens (including phenoxy) is 2. The van der Waals surface area contributed by atoms with Gasteiger partial charge in [-0.2, -0.15) is 0 Å². The van der Waals surface area contributed by atoms with Crippen LogP contribution in [0.25, 0.3) is 0 Å². The van der Waals surface area contributed by atoms with Gasteiger partial charge < -0.3 is 9.47 Å². The van der Waals surface area contributed by atoms with E-state index in [-0.39, 0.29) is 11.2 Å². The predicted molar refractivity (Wildman–Crippen MR) is 84.7 cm³/mol. The van der Waals surface area contributed by atoms with Gasteiger partial charge in [-0.3, -0.25) is 0 Å². The molecule has 0 amide bonds. The molecule has 1 saturated heterocycles. The maximum Gasteiger partial charge on any atom is 0.209 e. The zero-order valence-electron chi connectivity index (χ0n) is 13.3. The standard InChI is InChI=1S/C15H31NO4S/c1-2-3-4-5-6-7-10-20-13-15(14-21(16,17)18)8-11-19-12-9-15/h2-14H2,1H3,(H2,16,17,18). The van der Waals surface area contributed by atoms with Crippen LogP contribution in [0.5, 0.6) is 0 Å². The van der Waals surface area contributed by atoms with Crippen molar-refractivity contribution in [3.63, 3.8) is 0 Å². The van der Waals surface area contributed by atoms with Crippen molar-refractivity contribution in [2.45, 2.75) is 58.3 Å². The van der Waals surface area contributed by atoms with Gasteiger partial charge in [0.1, 0.15) is 0 Å². The second kappa shape index (κ2) is 9.77. The molecule has 1 aliphatic heterocycles. The molecule has 5 nitrogen and oxygen atoms in total. The van der Waals surface area contributed by atoms with E-state index in [1.165, 1.54) is 32.1 Å². The van der Waals surface area contributed by atoms with Crippen molar-refractivity contribution in [2.75, 3.05) is 32.2 Å². The summed E-state index contributed by atoms with van der Waals surface area (Å²) in [4.78, 5) is 0. The maximum atomic E-state index is 11.4. The number of primary sulfonamides is 1. The summed E-state index contributed by atoms with van der Waals surface area (Å²) in [5.74, 6) is -0.000139. The van der Waals surface area contributed by atoms with Gasteiger partial charge in [0.25, 0.3) is 0 Å². The first-order valence-electron chi connectivity index (χ1n) is 8.13. The molecule has 2 N–H and O–H groups in total. The lowest BCUT2D eigenvalue weighted by molar-refractivity contribution is -0.0286. The first kappa shape index (κ1) is 18.9. The summed E-state index contributed by atoms with van der Waals surface area (Å²) in [6.07, 6.45) is 8.76. The Hall–Kier alpha value is -0.170. The third-order valence-electron chi connectivity index (χ3n) is 4.11. The van der Waals surface area contributed by atoms with Crippen molar-refractivity contribution in [3.8, 4) is 0 Å². The molecule has 0 unspecified atom stereocenters. The van der Waals surface area contributed by atoms with Crippen LogP contribution < -0.4 is 5.14 Å². The number of rotatable bonds is 11. The Labute approximate surface area is 129 Å². The smallest absolute Gasteiger partial charge is 0.209 e. The quantitative estimate of drug-likeness (QED) is 0.593. The van der Waals surface area contributed by atoms with Gasteiger partial charge >= 0.3 is 0 Å². The summed E-state index contributed by atoms with van der Waals surface area (Å²) < 4.78 is 33.9. The van der Waals surface area contributed by atoms with Crippen LogP contribution in [0.3, 0.4) is 0 Å². The molecule has 0 aromatic heterocycles. The van der Waals surface area contributed by atoms with Crippen LogP contribution in [0.4, 0.5) is 0 Å². The number of hydrogen-bond donors (Lipinski definition) is 1. The van der Waals surface area contributed by atoms with Crippen LogP contribution in [-0.4, -0.2) is 40.6 Å². The Morgan fingerprint density at radius 2 is 1.71 bits per heavy atom. The fourth-order valence-corrected chi connectivity index (χ4v) is 4.06. The summed E-state index contributed by atoms with van der Waals surface area (Å²) in [5, 5.41) is 5.23. The molecule has 0 aromatic carbocycles. The highest BCUT2D eigenvalue weighted by Gasteiger charge is 2.36. The van der Waals surface area contributed by atoms with Crippen LogP contribution in [0.1, 0.15) is 58.3 Å². The van der Waals surface area contributed by atoms with E-state index >= 15 is 0 Å². The lowest BCUT2D eigenvalue weighted by Gasteiger charge is -2.36. The van der Waals surface area contributed by atoms with Gasteiger partial charge in [0, 0.05) is 25.2 Å². The van der Waals surface area contributed by atoms with Gasteiger partial charge in [0.2, 0.25) is 10.0 Å². The molecule has 0 aromatic rings. The molecule has 0 radical (unpaired) electrons. The fourth-order valence-electron chi connectivity index (χ4n) is 2.83. The monoisotopic (exact) mass is 321 g/mol. The average molecular weight is 321 g/mol.